The quantitative estimate of drug-likeness (QED) is 0.834. The van der Waals surface area contributed by atoms with E-state index in [4.69, 9.17) is 0 Å². The molecule has 0 radical (unpaired) electrons. The molecule has 2 atom stereocenters. The Kier molecular flexibility index (Phi) is 4.58. The Hall–Kier alpha value is -1.10. The normalized spacial score (nSPS) is 23.0. The Morgan fingerprint density at radius 2 is 2.44 bits per heavy atom. The number of esters is 1. The standard InChI is InChI=1S/C13H20N2O2S/c1-9-3-4-10(7-9)14-13-15-11(8-18-13)5-6-12(16)17-2/h8-10H,3-7H2,1-2H3,(H,14,15). The largest absolute Gasteiger partial charge is 0.469 e. The summed E-state index contributed by atoms with van der Waals surface area (Å²) in [5.74, 6) is 0.642. The van der Waals surface area contributed by atoms with E-state index < -0.39 is 0 Å². The number of hydrogen-bond acceptors (Lipinski definition) is 5. The van der Waals surface area contributed by atoms with E-state index in [0.29, 0.717) is 18.9 Å². The van der Waals surface area contributed by atoms with Gasteiger partial charge in [-0.1, -0.05) is 6.92 Å². The number of carbonyl (C=O) groups excluding carboxylic acids is 1. The number of aromatic nitrogens is 1. The first-order valence-electron chi connectivity index (χ1n) is 6.45. The average Bonchev–Trinajstić information content (AvgIpc) is 2.96. The molecular formula is C13H20N2O2S. The summed E-state index contributed by atoms with van der Waals surface area (Å²) in [6.07, 6.45) is 4.83. The van der Waals surface area contributed by atoms with Crippen molar-refractivity contribution < 1.29 is 9.53 Å². The van der Waals surface area contributed by atoms with E-state index in [9.17, 15) is 4.79 Å². The molecule has 4 nitrogen and oxygen atoms in total. The molecule has 1 aliphatic rings. The molecule has 2 unspecified atom stereocenters. The molecule has 1 aromatic heterocycles. The molecule has 1 N–H and O–H groups in total. The molecule has 0 saturated heterocycles. The van der Waals surface area contributed by atoms with E-state index in [2.05, 4.69) is 22.0 Å². The Bertz CT molecular complexity index is 405. The minimum atomic E-state index is -0.179. The van der Waals surface area contributed by atoms with Crippen molar-refractivity contribution in [2.75, 3.05) is 12.4 Å². The van der Waals surface area contributed by atoms with Crippen LogP contribution >= 0.6 is 11.3 Å². The molecule has 2 rings (SSSR count). The maximum atomic E-state index is 11.0. The van der Waals surface area contributed by atoms with Crippen molar-refractivity contribution in [2.24, 2.45) is 5.92 Å². The highest BCUT2D eigenvalue weighted by atomic mass is 32.1. The van der Waals surface area contributed by atoms with Crippen molar-refractivity contribution in [3.8, 4) is 0 Å². The lowest BCUT2D eigenvalue weighted by atomic mass is 10.1. The lowest BCUT2D eigenvalue weighted by molar-refractivity contribution is -0.140. The van der Waals surface area contributed by atoms with Gasteiger partial charge in [0.2, 0.25) is 0 Å². The third-order valence-corrected chi connectivity index (χ3v) is 4.21. The average molecular weight is 268 g/mol. The molecule has 1 fully saturated rings. The molecule has 1 saturated carbocycles. The van der Waals surface area contributed by atoms with Crippen molar-refractivity contribution in [1.29, 1.82) is 0 Å². The predicted octanol–water partition coefficient (Wildman–Crippen LogP) is 2.85. The zero-order valence-electron chi connectivity index (χ0n) is 10.9. The molecule has 5 heteroatoms. The number of hydrogen-bond donors (Lipinski definition) is 1. The molecule has 0 bridgehead atoms. The first-order chi connectivity index (χ1) is 8.67. The van der Waals surface area contributed by atoms with Crippen LogP contribution in [0.4, 0.5) is 5.13 Å². The second kappa shape index (κ2) is 6.18. The number of nitrogens with zero attached hydrogens (tertiary/aromatic N) is 1. The number of nitrogens with one attached hydrogen (secondary N) is 1. The van der Waals surface area contributed by atoms with E-state index >= 15 is 0 Å². The molecule has 1 aromatic rings. The van der Waals surface area contributed by atoms with Gasteiger partial charge in [0.1, 0.15) is 0 Å². The fraction of sp³-hybridized carbons (Fsp3) is 0.692. The smallest absolute Gasteiger partial charge is 0.305 e. The van der Waals surface area contributed by atoms with Gasteiger partial charge < -0.3 is 10.1 Å². The van der Waals surface area contributed by atoms with Crippen LogP contribution in [0.25, 0.3) is 0 Å². The lowest BCUT2D eigenvalue weighted by Gasteiger charge is -2.10. The third kappa shape index (κ3) is 3.70. The number of carbonyl (C=O) groups is 1. The van der Waals surface area contributed by atoms with Gasteiger partial charge in [0.15, 0.2) is 5.13 Å². The van der Waals surface area contributed by atoms with Crippen LogP contribution < -0.4 is 5.32 Å². The van der Waals surface area contributed by atoms with E-state index in [1.54, 1.807) is 11.3 Å². The highest BCUT2D eigenvalue weighted by Gasteiger charge is 2.21. The Morgan fingerprint density at radius 3 is 3.11 bits per heavy atom. The molecule has 0 aromatic carbocycles. The topological polar surface area (TPSA) is 51.2 Å². The second-order valence-corrected chi connectivity index (χ2v) is 5.84. The second-order valence-electron chi connectivity index (χ2n) is 4.98. The van der Waals surface area contributed by atoms with Gasteiger partial charge in [0, 0.05) is 17.8 Å². The lowest BCUT2D eigenvalue weighted by Crippen LogP contribution is -2.15. The first kappa shape index (κ1) is 13.3. The Morgan fingerprint density at radius 1 is 1.61 bits per heavy atom. The van der Waals surface area contributed by atoms with Gasteiger partial charge in [0.25, 0.3) is 0 Å². The number of methoxy groups -OCH3 is 1. The molecule has 0 spiro atoms. The van der Waals surface area contributed by atoms with Gasteiger partial charge in [0.05, 0.1) is 19.2 Å². The van der Waals surface area contributed by atoms with Crippen molar-refractivity contribution in [3.63, 3.8) is 0 Å². The van der Waals surface area contributed by atoms with Crippen molar-refractivity contribution in [1.82, 2.24) is 4.98 Å². The highest BCUT2D eigenvalue weighted by Crippen LogP contribution is 2.28. The molecule has 0 amide bonds. The van der Waals surface area contributed by atoms with E-state index in [-0.39, 0.29) is 5.97 Å². The van der Waals surface area contributed by atoms with Gasteiger partial charge >= 0.3 is 5.97 Å². The van der Waals surface area contributed by atoms with Crippen LogP contribution in [0.15, 0.2) is 5.38 Å². The van der Waals surface area contributed by atoms with E-state index in [1.807, 2.05) is 5.38 Å². The zero-order chi connectivity index (χ0) is 13.0. The molecular weight excluding hydrogens is 248 g/mol. The fourth-order valence-corrected chi connectivity index (χ4v) is 3.16. The van der Waals surface area contributed by atoms with Crippen LogP contribution in [0.5, 0.6) is 0 Å². The summed E-state index contributed by atoms with van der Waals surface area (Å²) >= 11 is 1.62. The zero-order valence-corrected chi connectivity index (χ0v) is 11.8. The summed E-state index contributed by atoms with van der Waals surface area (Å²) < 4.78 is 4.62. The summed E-state index contributed by atoms with van der Waals surface area (Å²) in [7, 11) is 1.41. The van der Waals surface area contributed by atoms with Gasteiger partial charge in [-0.15, -0.1) is 11.3 Å². The van der Waals surface area contributed by atoms with Crippen LogP contribution in [0.3, 0.4) is 0 Å². The van der Waals surface area contributed by atoms with Crippen LogP contribution in [-0.4, -0.2) is 24.1 Å². The summed E-state index contributed by atoms with van der Waals surface area (Å²) in [5, 5.41) is 6.48. The summed E-state index contributed by atoms with van der Waals surface area (Å²) in [6.45, 7) is 2.30. The maximum absolute atomic E-state index is 11.0. The van der Waals surface area contributed by atoms with Crippen LogP contribution in [0.2, 0.25) is 0 Å². The number of rotatable bonds is 5. The first-order valence-corrected chi connectivity index (χ1v) is 7.33. The number of aryl methyl sites for hydroxylation is 1. The van der Waals surface area contributed by atoms with Gasteiger partial charge in [-0.3, -0.25) is 4.79 Å². The molecule has 0 aliphatic heterocycles. The third-order valence-electron chi connectivity index (χ3n) is 3.39. The van der Waals surface area contributed by atoms with Gasteiger partial charge in [-0.05, 0) is 25.2 Å². The van der Waals surface area contributed by atoms with E-state index in [0.717, 1.165) is 16.7 Å². The summed E-state index contributed by atoms with van der Waals surface area (Å²) in [6, 6.07) is 0.569. The molecule has 100 valence electrons. The number of thiazole rings is 1. The summed E-state index contributed by atoms with van der Waals surface area (Å²) in [5.41, 5.74) is 0.971. The van der Waals surface area contributed by atoms with Crippen LogP contribution in [-0.2, 0) is 16.0 Å². The van der Waals surface area contributed by atoms with Crippen molar-refractivity contribution in [2.45, 2.75) is 45.1 Å². The van der Waals surface area contributed by atoms with Gasteiger partial charge in [-0.2, -0.15) is 0 Å². The van der Waals surface area contributed by atoms with Crippen molar-refractivity contribution in [3.05, 3.63) is 11.1 Å². The minimum Gasteiger partial charge on any atom is -0.469 e. The monoisotopic (exact) mass is 268 g/mol. The maximum Gasteiger partial charge on any atom is 0.305 e. The molecule has 1 heterocycles. The van der Waals surface area contributed by atoms with Gasteiger partial charge in [-0.25, -0.2) is 4.98 Å². The minimum absolute atomic E-state index is 0.179. The van der Waals surface area contributed by atoms with Crippen molar-refractivity contribution >= 4 is 22.4 Å². The highest BCUT2D eigenvalue weighted by molar-refractivity contribution is 7.13. The SMILES string of the molecule is COC(=O)CCc1csc(NC2CCC(C)C2)n1. The number of ether oxygens (including phenoxy) is 1. The Labute approximate surface area is 112 Å². The fourth-order valence-electron chi connectivity index (χ4n) is 2.33. The molecule has 18 heavy (non-hydrogen) atoms. The van der Waals surface area contributed by atoms with E-state index in [1.165, 1.54) is 26.4 Å². The predicted molar refractivity (Wildman–Crippen MR) is 72.9 cm³/mol. The van der Waals surface area contributed by atoms with Crippen LogP contribution in [0, 0.1) is 5.92 Å². The van der Waals surface area contributed by atoms with Crippen LogP contribution in [0.1, 0.15) is 38.3 Å². The Balaban J connectivity index is 1.80. The molecule has 1 aliphatic carbocycles. The number of anilines is 1. The summed E-state index contributed by atoms with van der Waals surface area (Å²) in [4.78, 5) is 15.5.